The fourth-order valence-electron chi connectivity index (χ4n) is 2.84. The molecule has 0 radical (unpaired) electrons. The lowest BCUT2D eigenvalue weighted by molar-refractivity contribution is 0.247. The first-order valence-electron chi connectivity index (χ1n) is 7.64. The highest BCUT2D eigenvalue weighted by atomic mass is 32.1. The number of fused-ring (bicyclic) bond motifs is 1. The Labute approximate surface area is 132 Å². The summed E-state index contributed by atoms with van der Waals surface area (Å²) in [6.07, 6.45) is 7.09. The molecule has 2 N–H and O–H groups in total. The van der Waals surface area contributed by atoms with Gasteiger partial charge in [0, 0.05) is 29.3 Å². The van der Waals surface area contributed by atoms with E-state index < -0.39 is 0 Å². The van der Waals surface area contributed by atoms with Gasteiger partial charge in [-0.05, 0) is 43.7 Å². The number of urea groups is 1. The van der Waals surface area contributed by atoms with Gasteiger partial charge >= 0.3 is 6.03 Å². The van der Waals surface area contributed by atoms with Crippen molar-refractivity contribution in [1.29, 1.82) is 0 Å². The van der Waals surface area contributed by atoms with Crippen molar-refractivity contribution in [1.82, 2.24) is 19.7 Å². The molecule has 7 heteroatoms. The number of nitrogens with one attached hydrogen (secondary N) is 2. The maximum absolute atomic E-state index is 12.2. The molecule has 0 aliphatic heterocycles. The molecule has 2 aliphatic carbocycles. The molecule has 1 atom stereocenters. The molecule has 1 saturated carbocycles. The maximum Gasteiger partial charge on any atom is 0.321 e. The molecule has 1 fully saturated rings. The van der Waals surface area contributed by atoms with Crippen LogP contribution in [0.3, 0.4) is 0 Å². The molecule has 0 bridgehead atoms. The van der Waals surface area contributed by atoms with Gasteiger partial charge in [0.15, 0.2) is 0 Å². The standard InChI is InChI=1S/C15H17N5OS/c21-14(19-15-18-13(20-22-15)9-6-7-9)17-12-5-1-4-11-10(12)3-2-8-16-11/h2-3,8-9,12H,1,4-7H2,(H2,17,18,19,20,21). The fraction of sp³-hybridized carbons (Fsp3) is 0.467. The predicted molar refractivity (Wildman–Crippen MR) is 84.0 cm³/mol. The smallest absolute Gasteiger partial charge is 0.321 e. The second kappa shape index (κ2) is 5.64. The molecule has 1 unspecified atom stereocenters. The number of rotatable bonds is 3. The Bertz CT molecular complexity index is 697. The van der Waals surface area contributed by atoms with Crippen LogP contribution >= 0.6 is 11.5 Å². The molecule has 2 amide bonds. The van der Waals surface area contributed by atoms with Crippen LogP contribution in [0.1, 0.15) is 54.7 Å². The highest BCUT2D eigenvalue weighted by Crippen LogP contribution is 2.39. The Morgan fingerprint density at radius 3 is 3.09 bits per heavy atom. The van der Waals surface area contributed by atoms with Crippen molar-refractivity contribution >= 4 is 22.7 Å². The average molecular weight is 315 g/mol. The third-order valence-corrected chi connectivity index (χ3v) is 4.76. The van der Waals surface area contributed by atoms with Gasteiger partial charge < -0.3 is 5.32 Å². The fourth-order valence-corrected chi connectivity index (χ4v) is 3.48. The molecule has 114 valence electrons. The molecule has 0 saturated heterocycles. The lowest BCUT2D eigenvalue weighted by Gasteiger charge is -2.25. The zero-order valence-corrected chi connectivity index (χ0v) is 12.9. The van der Waals surface area contributed by atoms with Crippen molar-refractivity contribution < 1.29 is 4.79 Å². The summed E-state index contributed by atoms with van der Waals surface area (Å²) in [7, 11) is 0. The summed E-state index contributed by atoms with van der Waals surface area (Å²) in [5, 5.41) is 6.39. The van der Waals surface area contributed by atoms with Crippen molar-refractivity contribution in [2.24, 2.45) is 0 Å². The zero-order valence-electron chi connectivity index (χ0n) is 12.1. The second-order valence-corrected chi connectivity index (χ2v) is 6.57. The van der Waals surface area contributed by atoms with Crippen LogP contribution in [-0.2, 0) is 6.42 Å². The number of pyridine rings is 1. The second-order valence-electron chi connectivity index (χ2n) is 5.81. The third kappa shape index (κ3) is 2.81. The summed E-state index contributed by atoms with van der Waals surface area (Å²) in [6, 6.07) is 3.76. The van der Waals surface area contributed by atoms with Crippen LogP contribution in [0.2, 0.25) is 0 Å². The molecule has 0 aromatic carbocycles. The van der Waals surface area contributed by atoms with E-state index in [1.54, 1.807) is 0 Å². The molecule has 2 aromatic heterocycles. The lowest BCUT2D eigenvalue weighted by atomic mass is 9.91. The number of carbonyl (C=O) groups is 1. The van der Waals surface area contributed by atoms with Crippen molar-refractivity contribution in [2.75, 3.05) is 5.32 Å². The van der Waals surface area contributed by atoms with Gasteiger partial charge in [-0.2, -0.15) is 4.37 Å². The molecule has 0 spiro atoms. The van der Waals surface area contributed by atoms with Gasteiger partial charge in [0.05, 0.1) is 6.04 Å². The van der Waals surface area contributed by atoms with Crippen molar-refractivity contribution in [3.05, 3.63) is 35.4 Å². The van der Waals surface area contributed by atoms with Gasteiger partial charge in [-0.1, -0.05) is 6.07 Å². The van der Waals surface area contributed by atoms with Gasteiger partial charge in [0.1, 0.15) is 5.82 Å². The third-order valence-electron chi connectivity index (χ3n) is 4.12. The largest absolute Gasteiger partial charge is 0.331 e. The number of hydrogen-bond acceptors (Lipinski definition) is 5. The van der Waals surface area contributed by atoms with Gasteiger partial charge in [0.25, 0.3) is 0 Å². The highest BCUT2D eigenvalue weighted by molar-refractivity contribution is 7.09. The highest BCUT2D eigenvalue weighted by Gasteiger charge is 2.28. The quantitative estimate of drug-likeness (QED) is 0.912. The number of aryl methyl sites for hydroxylation is 1. The van der Waals surface area contributed by atoms with E-state index in [2.05, 4.69) is 25.0 Å². The summed E-state index contributed by atoms with van der Waals surface area (Å²) in [5.41, 5.74) is 2.21. The van der Waals surface area contributed by atoms with Crippen LogP contribution in [0, 0.1) is 0 Å². The number of nitrogens with zero attached hydrogens (tertiary/aromatic N) is 3. The normalized spacial score (nSPS) is 20.3. The van der Waals surface area contributed by atoms with Crippen LogP contribution in [0.4, 0.5) is 9.93 Å². The van der Waals surface area contributed by atoms with E-state index in [-0.39, 0.29) is 12.1 Å². The van der Waals surface area contributed by atoms with E-state index in [1.807, 2.05) is 18.3 Å². The van der Waals surface area contributed by atoms with E-state index in [4.69, 9.17) is 0 Å². The summed E-state index contributed by atoms with van der Waals surface area (Å²) >= 11 is 1.25. The molecular weight excluding hydrogens is 298 g/mol. The minimum absolute atomic E-state index is 0.0215. The number of aromatic nitrogens is 3. The van der Waals surface area contributed by atoms with Crippen molar-refractivity contribution in [3.8, 4) is 0 Å². The predicted octanol–water partition coefficient (Wildman–Crippen LogP) is 3.01. The van der Waals surface area contributed by atoms with E-state index in [1.165, 1.54) is 11.5 Å². The molecule has 2 aromatic rings. The average Bonchev–Trinajstić information content (AvgIpc) is 3.28. The van der Waals surface area contributed by atoms with Crippen LogP contribution in [0.25, 0.3) is 0 Å². The van der Waals surface area contributed by atoms with Crippen LogP contribution in [0.15, 0.2) is 18.3 Å². The van der Waals surface area contributed by atoms with E-state index >= 15 is 0 Å². The molecule has 4 rings (SSSR count). The summed E-state index contributed by atoms with van der Waals surface area (Å²) in [5.74, 6) is 1.37. The molecule has 6 nitrogen and oxygen atoms in total. The van der Waals surface area contributed by atoms with Gasteiger partial charge in [-0.15, -0.1) is 0 Å². The lowest BCUT2D eigenvalue weighted by Crippen LogP contribution is -2.34. The first kappa shape index (κ1) is 13.6. The molecule has 22 heavy (non-hydrogen) atoms. The van der Waals surface area contributed by atoms with Crippen LogP contribution in [-0.4, -0.2) is 20.4 Å². The Balaban J connectivity index is 1.41. The van der Waals surface area contributed by atoms with Crippen molar-refractivity contribution in [2.45, 2.75) is 44.1 Å². The Morgan fingerprint density at radius 1 is 1.32 bits per heavy atom. The van der Waals surface area contributed by atoms with Gasteiger partial charge in [0.2, 0.25) is 5.13 Å². The van der Waals surface area contributed by atoms with Gasteiger partial charge in [-0.25, -0.2) is 9.78 Å². The van der Waals surface area contributed by atoms with E-state index in [0.29, 0.717) is 11.0 Å². The molecule has 2 heterocycles. The molecular formula is C15H17N5OS. The number of anilines is 1. The number of hydrogen-bond donors (Lipinski definition) is 2. The number of amides is 2. The SMILES string of the molecule is O=C(Nc1nc(C2CC2)ns1)NC1CCCc2ncccc21. The first-order chi connectivity index (χ1) is 10.8. The van der Waals surface area contributed by atoms with E-state index in [9.17, 15) is 4.79 Å². The van der Waals surface area contributed by atoms with E-state index in [0.717, 1.165) is 49.2 Å². The summed E-state index contributed by atoms with van der Waals surface area (Å²) in [6.45, 7) is 0. The van der Waals surface area contributed by atoms with Crippen LogP contribution in [0.5, 0.6) is 0 Å². The first-order valence-corrected chi connectivity index (χ1v) is 8.42. The van der Waals surface area contributed by atoms with Gasteiger partial charge in [-0.3, -0.25) is 10.3 Å². The number of carbonyl (C=O) groups excluding carboxylic acids is 1. The monoisotopic (exact) mass is 315 g/mol. The Kier molecular flexibility index (Phi) is 3.49. The van der Waals surface area contributed by atoms with Crippen LogP contribution < -0.4 is 10.6 Å². The van der Waals surface area contributed by atoms with Crippen molar-refractivity contribution in [3.63, 3.8) is 0 Å². The summed E-state index contributed by atoms with van der Waals surface area (Å²) in [4.78, 5) is 21.0. The Hall–Kier alpha value is -2.02. The minimum atomic E-state index is -0.222. The molecule has 2 aliphatic rings. The zero-order chi connectivity index (χ0) is 14.9. The maximum atomic E-state index is 12.2. The topological polar surface area (TPSA) is 79.8 Å². The summed E-state index contributed by atoms with van der Waals surface area (Å²) < 4.78 is 4.29. The Morgan fingerprint density at radius 2 is 2.23 bits per heavy atom. The minimum Gasteiger partial charge on any atom is -0.331 e.